The van der Waals surface area contributed by atoms with Crippen molar-refractivity contribution in [1.82, 2.24) is 4.98 Å². The lowest BCUT2D eigenvalue weighted by molar-refractivity contribution is 0.601. The summed E-state index contributed by atoms with van der Waals surface area (Å²) < 4.78 is 27.1. The van der Waals surface area contributed by atoms with Crippen LogP contribution in [0.1, 0.15) is 5.56 Å². The van der Waals surface area contributed by atoms with Crippen LogP contribution < -0.4 is 10.0 Å². The normalized spacial score (nSPS) is 11.0. The fraction of sp³-hybridized carbons (Fsp3) is 0.0556. The minimum Gasteiger partial charge on any atom is -0.381 e. The van der Waals surface area contributed by atoms with Gasteiger partial charge >= 0.3 is 0 Å². The molecule has 24 heavy (non-hydrogen) atoms. The standard InChI is InChI=1S/C18H17N3O2S/c22-24(23,18-6-2-1-3-7-18)21-17-10-8-16(9-11-17)20-14-15-5-4-12-19-13-15/h1-13,20-21H,14H2. The van der Waals surface area contributed by atoms with Crippen LogP contribution in [-0.4, -0.2) is 13.4 Å². The molecule has 1 aromatic heterocycles. The smallest absolute Gasteiger partial charge is 0.261 e. The molecule has 0 aliphatic heterocycles. The van der Waals surface area contributed by atoms with E-state index in [1.807, 2.05) is 24.3 Å². The summed E-state index contributed by atoms with van der Waals surface area (Å²) in [5.41, 5.74) is 2.50. The molecule has 0 fully saturated rings. The Hall–Kier alpha value is -2.86. The molecule has 3 aromatic rings. The Morgan fingerprint density at radius 3 is 2.21 bits per heavy atom. The number of hydrogen-bond acceptors (Lipinski definition) is 4. The van der Waals surface area contributed by atoms with Crippen molar-refractivity contribution >= 4 is 21.4 Å². The van der Waals surface area contributed by atoms with E-state index in [9.17, 15) is 8.42 Å². The molecular formula is C18H17N3O2S. The highest BCUT2D eigenvalue weighted by molar-refractivity contribution is 7.92. The van der Waals surface area contributed by atoms with Gasteiger partial charge in [-0.2, -0.15) is 0 Å². The molecule has 2 aromatic carbocycles. The average molecular weight is 339 g/mol. The molecule has 2 N–H and O–H groups in total. The summed E-state index contributed by atoms with van der Waals surface area (Å²) in [4.78, 5) is 4.30. The number of nitrogens with zero attached hydrogens (tertiary/aromatic N) is 1. The quantitative estimate of drug-likeness (QED) is 0.721. The van der Waals surface area contributed by atoms with Gasteiger partial charge in [-0.15, -0.1) is 0 Å². The first-order valence-electron chi connectivity index (χ1n) is 7.44. The predicted molar refractivity (Wildman–Crippen MR) is 95.3 cm³/mol. The number of aromatic nitrogens is 1. The van der Waals surface area contributed by atoms with E-state index in [1.54, 1.807) is 54.9 Å². The number of hydrogen-bond donors (Lipinski definition) is 2. The number of sulfonamides is 1. The lowest BCUT2D eigenvalue weighted by atomic mass is 10.2. The molecule has 0 aliphatic rings. The molecule has 6 heteroatoms. The van der Waals surface area contributed by atoms with Crippen LogP contribution in [0.4, 0.5) is 11.4 Å². The first kappa shape index (κ1) is 16.0. The summed E-state index contributed by atoms with van der Waals surface area (Å²) in [5.74, 6) is 0. The summed E-state index contributed by atoms with van der Waals surface area (Å²) in [6, 6.07) is 19.3. The molecule has 5 nitrogen and oxygen atoms in total. The van der Waals surface area contributed by atoms with Crippen LogP contribution in [0.5, 0.6) is 0 Å². The Morgan fingerprint density at radius 1 is 0.833 bits per heavy atom. The second-order valence-electron chi connectivity index (χ2n) is 5.21. The Bertz CT molecular complexity index is 881. The number of rotatable bonds is 6. The monoisotopic (exact) mass is 339 g/mol. The summed E-state index contributed by atoms with van der Waals surface area (Å²) in [6.07, 6.45) is 3.53. The van der Waals surface area contributed by atoms with Crippen LogP contribution in [0.15, 0.2) is 84.0 Å². The summed E-state index contributed by atoms with van der Waals surface area (Å²) in [5, 5.41) is 3.27. The lowest BCUT2D eigenvalue weighted by Crippen LogP contribution is -2.12. The van der Waals surface area contributed by atoms with Crippen molar-refractivity contribution in [1.29, 1.82) is 0 Å². The fourth-order valence-corrected chi connectivity index (χ4v) is 3.26. The van der Waals surface area contributed by atoms with Gasteiger partial charge in [-0.3, -0.25) is 9.71 Å². The van der Waals surface area contributed by atoms with Crippen LogP contribution in [0, 0.1) is 0 Å². The predicted octanol–water partition coefficient (Wildman–Crippen LogP) is 3.49. The van der Waals surface area contributed by atoms with E-state index in [0.29, 0.717) is 12.2 Å². The van der Waals surface area contributed by atoms with Gasteiger partial charge in [-0.1, -0.05) is 24.3 Å². The van der Waals surface area contributed by atoms with Crippen LogP contribution in [-0.2, 0) is 16.6 Å². The third-order valence-corrected chi connectivity index (χ3v) is 4.81. The Kier molecular flexibility index (Phi) is 4.77. The van der Waals surface area contributed by atoms with Crippen molar-refractivity contribution in [2.45, 2.75) is 11.4 Å². The zero-order valence-electron chi connectivity index (χ0n) is 12.9. The minimum absolute atomic E-state index is 0.240. The molecule has 3 rings (SSSR count). The van der Waals surface area contributed by atoms with Crippen molar-refractivity contribution in [2.24, 2.45) is 0 Å². The maximum Gasteiger partial charge on any atom is 0.261 e. The van der Waals surface area contributed by atoms with Crippen LogP contribution in [0.3, 0.4) is 0 Å². The SMILES string of the molecule is O=S(=O)(Nc1ccc(NCc2cccnc2)cc1)c1ccccc1. The highest BCUT2D eigenvalue weighted by atomic mass is 32.2. The van der Waals surface area contributed by atoms with Crippen molar-refractivity contribution in [2.75, 3.05) is 10.0 Å². The third kappa shape index (κ3) is 4.11. The van der Waals surface area contributed by atoms with Gasteiger partial charge in [0.15, 0.2) is 0 Å². The van der Waals surface area contributed by atoms with Gasteiger partial charge in [0, 0.05) is 30.3 Å². The highest BCUT2D eigenvalue weighted by Crippen LogP contribution is 2.18. The molecule has 122 valence electrons. The van der Waals surface area contributed by atoms with E-state index in [-0.39, 0.29) is 4.90 Å². The molecule has 0 radical (unpaired) electrons. The van der Waals surface area contributed by atoms with Gasteiger partial charge in [0.25, 0.3) is 10.0 Å². The molecule has 0 spiro atoms. The van der Waals surface area contributed by atoms with Crippen LogP contribution >= 0.6 is 0 Å². The highest BCUT2D eigenvalue weighted by Gasteiger charge is 2.13. The molecule has 1 heterocycles. The van der Waals surface area contributed by atoms with Gasteiger partial charge in [-0.05, 0) is 48.0 Å². The lowest BCUT2D eigenvalue weighted by Gasteiger charge is -2.10. The molecule has 0 saturated heterocycles. The summed E-state index contributed by atoms with van der Waals surface area (Å²) in [7, 11) is -3.56. The molecule has 0 saturated carbocycles. The molecule has 0 bridgehead atoms. The second-order valence-corrected chi connectivity index (χ2v) is 6.89. The van der Waals surface area contributed by atoms with E-state index < -0.39 is 10.0 Å². The molecule has 0 unspecified atom stereocenters. The third-order valence-electron chi connectivity index (χ3n) is 3.41. The zero-order valence-corrected chi connectivity index (χ0v) is 13.7. The van der Waals surface area contributed by atoms with Crippen molar-refractivity contribution < 1.29 is 8.42 Å². The van der Waals surface area contributed by atoms with Gasteiger partial charge in [0.2, 0.25) is 0 Å². The summed E-state index contributed by atoms with van der Waals surface area (Å²) >= 11 is 0. The van der Waals surface area contributed by atoms with Crippen molar-refractivity contribution in [3.8, 4) is 0 Å². The molecule has 0 amide bonds. The zero-order chi connectivity index (χ0) is 16.8. The average Bonchev–Trinajstić information content (AvgIpc) is 2.62. The summed E-state index contributed by atoms with van der Waals surface area (Å²) in [6.45, 7) is 0.656. The Labute approximate surface area is 141 Å². The van der Waals surface area contributed by atoms with E-state index in [2.05, 4.69) is 15.0 Å². The first-order valence-corrected chi connectivity index (χ1v) is 8.92. The topological polar surface area (TPSA) is 71.1 Å². The van der Waals surface area contributed by atoms with Crippen molar-refractivity contribution in [3.63, 3.8) is 0 Å². The maximum atomic E-state index is 12.3. The van der Waals surface area contributed by atoms with Gasteiger partial charge in [0.1, 0.15) is 0 Å². The van der Waals surface area contributed by atoms with E-state index in [4.69, 9.17) is 0 Å². The van der Waals surface area contributed by atoms with E-state index in [0.717, 1.165) is 11.3 Å². The fourth-order valence-electron chi connectivity index (χ4n) is 2.18. The van der Waals surface area contributed by atoms with E-state index in [1.165, 1.54) is 0 Å². The van der Waals surface area contributed by atoms with Gasteiger partial charge < -0.3 is 5.32 Å². The largest absolute Gasteiger partial charge is 0.381 e. The van der Waals surface area contributed by atoms with Crippen molar-refractivity contribution in [3.05, 3.63) is 84.7 Å². The minimum atomic E-state index is -3.56. The molecule has 0 atom stereocenters. The number of pyridine rings is 1. The van der Waals surface area contributed by atoms with Crippen LogP contribution in [0.2, 0.25) is 0 Å². The van der Waals surface area contributed by atoms with Gasteiger partial charge in [-0.25, -0.2) is 8.42 Å². The molecular weight excluding hydrogens is 322 g/mol. The van der Waals surface area contributed by atoms with E-state index >= 15 is 0 Å². The number of benzene rings is 2. The van der Waals surface area contributed by atoms with Crippen LogP contribution in [0.25, 0.3) is 0 Å². The maximum absolute atomic E-state index is 12.3. The molecule has 0 aliphatic carbocycles. The Balaban J connectivity index is 1.64. The number of nitrogens with one attached hydrogen (secondary N) is 2. The van der Waals surface area contributed by atoms with Gasteiger partial charge in [0.05, 0.1) is 4.90 Å². The number of anilines is 2. The second kappa shape index (κ2) is 7.14. The first-order chi connectivity index (χ1) is 11.6. The Morgan fingerprint density at radius 2 is 1.54 bits per heavy atom.